The van der Waals surface area contributed by atoms with E-state index in [0.717, 1.165) is 6.07 Å². The van der Waals surface area contributed by atoms with Crippen LogP contribution in [0.15, 0.2) is 12.1 Å². The second-order valence-electron chi connectivity index (χ2n) is 3.63. The number of carboxylic acid groups (broad SMARTS) is 1. The number of phenols is 1. The Kier molecular flexibility index (Phi) is 3.97. The number of aliphatic carboxylic acids is 1. The molecule has 102 valence electrons. The maximum atomic E-state index is 10.7. The second-order valence-corrected chi connectivity index (χ2v) is 3.63. The van der Waals surface area contributed by atoms with Crippen molar-refractivity contribution in [2.75, 3.05) is 0 Å². The largest absolute Gasteiger partial charge is 0.507 e. The number of nitro groups is 2. The van der Waals surface area contributed by atoms with Crippen LogP contribution in [0, 0.1) is 20.2 Å². The van der Waals surface area contributed by atoms with Gasteiger partial charge >= 0.3 is 17.3 Å². The molecule has 0 radical (unpaired) electrons. The van der Waals surface area contributed by atoms with Gasteiger partial charge in [0.2, 0.25) is 0 Å². The number of phenolic OH excluding ortho intramolecular Hbond substituents is 1. The standard InChI is InChI=1S/C9H9N3O7/c10-5(9(14)15)1-4-2-6(11(16)17)7(12(18)19)3-8(4)13/h2-3,5,13H,1,10H2,(H,14,15)/t5-/m0/s1. The van der Waals surface area contributed by atoms with Crippen molar-refractivity contribution in [3.05, 3.63) is 37.9 Å². The molecule has 1 aromatic rings. The molecule has 0 spiro atoms. The second kappa shape index (κ2) is 5.27. The van der Waals surface area contributed by atoms with Crippen LogP contribution in [0.5, 0.6) is 5.75 Å². The van der Waals surface area contributed by atoms with Gasteiger partial charge in [-0.15, -0.1) is 0 Å². The fraction of sp³-hybridized carbons (Fsp3) is 0.222. The molecule has 0 aliphatic rings. The van der Waals surface area contributed by atoms with Crippen molar-refractivity contribution in [2.24, 2.45) is 5.73 Å². The Morgan fingerprint density at radius 2 is 1.74 bits per heavy atom. The topological polar surface area (TPSA) is 170 Å². The summed E-state index contributed by atoms with van der Waals surface area (Å²) in [6.07, 6.45) is -0.389. The zero-order chi connectivity index (χ0) is 14.7. The molecule has 0 amide bonds. The van der Waals surface area contributed by atoms with Crippen LogP contribution in [0.2, 0.25) is 0 Å². The fourth-order valence-electron chi connectivity index (χ4n) is 1.39. The third-order valence-electron chi connectivity index (χ3n) is 2.33. The summed E-state index contributed by atoms with van der Waals surface area (Å²) in [7, 11) is 0. The normalized spacial score (nSPS) is 11.8. The highest BCUT2D eigenvalue weighted by Crippen LogP contribution is 2.34. The Morgan fingerprint density at radius 3 is 2.16 bits per heavy atom. The summed E-state index contributed by atoms with van der Waals surface area (Å²) in [5.74, 6) is -1.98. The highest BCUT2D eigenvalue weighted by atomic mass is 16.6. The van der Waals surface area contributed by atoms with Crippen molar-refractivity contribution in [3.8, 4) is 5.75 Å². The summed E-state index contributed by atoms with van der Waals surface area (Å²) in [4.78, 5) is 29.8. The first kappa shape index (κ1) is 14.3. The van der Waals surface area contributed by atoms with Gasteiger partial charge in [0.05, 0.1) is 15.9 Å². The molecule has 0 unspecified atom stereocenters. The van der Waals surface area contributed by atoms with Crippen molar-refractivity contribution in [3.63, 3.8) is 0 Å². The molecule has 0 aliphatic carbocycles. The van der Waals surface area contributed by atoms with Gasteiger partial charge in [0.15, 0.2) is 0 Å². The number of aromatic hydroxyl groups is 1. The van der Waals surface area contributed by atoms with Gasteiger partial charge < -0.3 is 15.9 Å². The van der Waals surface area contributed by atoms with Crippen molar-refractivity contribution in [1.29, 1.82) is 0 Å². The highest BCUT2D eigenvalue weighted by Gasteiger charge is 2.28. The van der Waals surface area contributed by atoms with E-state index in [9.17, 15) is 30.1 Å². The molecule has 0 aliphatic heterocycles. The van der Waals surface area contributed by atoms with E-state index in [0.29, 0.717) is 6.07 Å². The van der Waals surface area contributed by atoms with Crippen molar-refractivity contribution < 1.29 is 24.9 Å². The first-order valence-electron chi connectivity index (χ1n) is 4.87. The Balaban J connectivity index is 3.29. The lowest BCUT2D eigenvalue weighted by Gasteiger charge is -2.08. The summed E-state index contributed by atoms with van der Waals surface area (Å²) < 4.78 is 0. The number of nitrogens with zero attached hydrogens (tertiary/aromatic N) is 2. The van der Waals surface area contributed by atoms with E-state index in [4.69, 9.17) is 10.8 Å². The average Bonchev–Trinajstić information content (AvgIpc) is 2.30. The highest BCUT2D eigenvalue weighted by molar-refractivity contribution is 5.74. The Bertz CT molecular complexity index is 557. The summed E-state index contributed by atoms with van der Waals surface area (Å²) in [6.45, 7) is 0. The zero-order valence-electron chi connectivity index (χ0n) is 9.35. The minimum atomic E-state index is -1.38. The lowest BCUT2D eigenvalue weighted by Crippen LogP contribution is -2.32. The Hall–Kier alpha value is -2.75. The predicted octanol–water partition coefficient (Wildman–Crippen LogP) is 0.163. The smallest absolute Gasteiger partial charge is 0.349 e. The van der Waals surface area contributed by atoms with Crippen LogP contribution in [0.1, 0.15) is 5.56 Å². The number of hydrogen-bond donors (Lipinski definition) is 3. The SMILES string of the molecule is N[C@@H](Cc1cc([N+](=O)[O-])c([N+](=O)[O-])cc1O)C(=O)O. The number of nitro benzene ring substituents is 2. The van der Waals surface area contributed by atoms with E-state index in [2.05, 4.69) is 0 Å². The Morgan fingerprint density at radius 1 is 1.26 bits per heavy atom. The number of rotatable bonds is 5. The van der Waals surface area contributed by atoms with Crippen molar-refractivity contribution >= 4 is 17.3 Å². The molecule has 0 heterocycles. The van der Waals surface area contributed by atoms with Gasteiger partial charge in [-0.3, -0.25) is 25.0 Å². The van der Waals surface area contributed by atoms with Crippen molar-refractivity contribution in [1.82, 2.24) is 0 Å². The van der Waals surface area contributed by atoms with E-state index in [-0.39, 0.29) is 12.0 Å². The van der Waals surface area contributed by atoms with Gasteiger partial charge in [-0.1, -0.05) is 0 Å². The molecule has 1 aromatic carbocycles. The molecule has 0 saturated heterocycles. The molecule has 0 bridgehead atoms. The molecular formula is C9H9N3O7. The first-order chi connectivity index (χ1) is 8.73. The summed E-state index contributed by atoms with van der Waals surface area (Å²) >= 11 is 0. The molecule has 1 atom stereocenters. The van der Waals surface area contributed by atoms with Crippen LogP contribution >= 0.6 is 0 Å². The van der Waals surface area contributed by atoms with Crippen LogP contribution < -0.4 is 5.73 Å². The molecule has 0 fully saturated rings. The molecule has 1 rings (SSSR count). The molecular weight excluding hydrogens is 262 g/mol. The fourth-order valence-corrected chi connectivity index (χ4v) is 1.39. The molecule has 4 N–H and O–H groups in total. The molecule has 19 heavy (non-hydrogen) atoms. The number of hydrogen-bond acceptors (Lipinski definition) is 7. The van der Waals surface area contributed by atoms with Gasteiger partial charge in [0.25, 0.3) is 0 Å². The predicted molar refractivity (Wildman–Crippen MR) is 60.7 cm³/mol. The van der Waals surface area contributed by atoms with E-state index < -0.39 is 39.0 Å². The van der Waals surface area contributed by atoms with Crippen LogP contribution in [0.4, 0.5) is 11.4 Å². The van der Waals surface area contributed by atoms with Gasteiger partial charge in [0.1, 0.15) is 11.8 Å². The van der Waals surface area contributed by atoms with Gasteiger partial charge in [0, 0.05) is 18.1 Å². The first-order valence-corrected chi connectivity index (χ1v) is 4.87. The lowest BCUT2D eigenvalue weighted by molar-refractivity contribution is -0.422. The summed E-state index contributed by atoms with van der Waals surface area (Å²) in [5.41, 5.74) is 3.36. The zero-order valence-corrected chi connectivity index (χ0v) is 9.35. The van der Waals surface area contributed by atoms with Crippen LogP contribution in [-0.4, -0.2) is 32.1 Å². The number of carbonyl (C=O) groups is 1. The van der Waals surface area contributed by atoms with E-state index in [1.165, 1.54) is 0 Å². The van der Waals surface area contributed by atoms with Crippen LogP contribution in [0.3, 0.4) is 0 Å². The third-order valence-corrected chi connectivity index (χ3v) is 2.33. The monoisotopic (exact) mass is 271 g/mol. The van der Waals surface area contributed by atoms with Gasteiger partial charge in [-0.25, -0.2) is 0 Å². The summed E-state index contributed by atoms with van der Waals surface area (Å²) in [6, 6.07) is -0.0369. The summed E-state index contributed by atoms with van der Waals surface area (Å²) in [5, 5.41) is 39.4. The van der Waals surface area contributed by atoms with Crippen LogP contribution in [-0.2, 0) is 11.2 Å². The van der Waals surface area contributed by atoms with Crippen LogP contribution in [0.25, 0.3) is 0 Å². The number of nitrogens with two attached hydrogens (primary N) is 1. The molecule has 10 nitrogen and oxygen atoms in total. The molecule has 0 saturated carbocycles. The maximum absolute atomic E-state index is 10.7. The quantitative estimate of drug-likeness (QED) is 0.502. The minimum absolute atomic E-state index is 0.146. The lowest BCUT2D eigenvalue weighted by atomic mass is 10.0. The minimum Gasteiger partial charge on any atom is -0.507 e. The third kappa shape index (κ3) is 3.13. The Labute approximate surface area is 105 Å². The van der Waals surface area contributed by atoms with Gasteiger partial charge in [-0.2, -0.15) is 0 Å². The van der Waals surface area contributed by atoms with E-state index in [1.807, 2.05) is 0 Å². The van der Waals surface area contributed by atoms with E-state index in [1.54, 1.807) is 0 Å². The number of benzene rings is 1. The molecule has 0 aromatic heterocycles. The van der Waals surface area contributed by atoms with E-state index >= 15 is 0 Å². The molecule has 10 heteroatoms. The number of carboxylic acids is 1. The maximum Gasteiger partial charge on any atom is 0.349 e. The van der Waals surface area contributed by atoms with Gasteiger partial charge in [-0.05, 0) is 0 Å². The van der Waals surface area contributed by atoms with Crippen molar-refractivity contribution in [2.45, 2.75) is 12.5 Å². The average molecular weight is 271 g/mol.